The number of nitrogens with zero attached hydrogens (tertiary/aromatic N) is 2. The lowest BCUT2D eigenvalue weighted by atomic mass is 10.0. The molecule has 0 saturated carbocycles. The molecule has 5 nitrogen and oxygen atoms in total. The molecule has 0 heterocycles. The molecule has 27 heavy (non-hydrogen) atoms. The Morgan fingerprint density at radius 1 is 1.11 bits per heavy atom. The van der Waals surface area contributed by atoms with E-state index in [2.05, 4.69) is 0 Å². The first-order valence-corrected chi connectivity index (χ1v) is 8.79. The van der Waals surface area contributed by atoms with Crippen LogP contribution in [0.3, 0.4) is 0 Å². The number of amides is 1. The van der Waals surface area contributed by atoms with Crippen molar-refractivity contribution in [1.82, 2.24) is 4.90 Å². The molecule has 0 aliphatic rings. The summed E-state index contributed by atoms with van der Waals surface area (Å²) in [6.07, 6.45) is -0.939. The van der Waals surface area contributed by atoms with E-state index in [0.29, 0.717) is 12.1 Å². The van der Waals surface area contributed by atoms with Gasteiger partial charge in [-0.25, -0.2) is 4.79 Å². The third-order valence-electron chi connectivity index (χ3n) is 4.12. The molecule has 0 unspecified atom stereocenters. The Hall–Kier alpha value is -3.13. The molecular formula is C22H24N2O3. The van der Waals surface area contributed by atoms with E-state index >= 15 is 0 Å². The maximum Gasteiger partial charge on any atom is 0.338 e. The van der Waals surface area contributed by atoms with Crippen LogP contribution in [0, 0.1) is 11.3 Å². The summed E-state index contributed by atoms with van der Waals surface area (Å²) >= 11 is 0. The summed E-state index contributed by atoms with van der Waals surface area (Å²) in [4.78, 5) is 27.0. The van der Waals surface area contributed by atoms with E-state index in [9.17, 15) is 9.59 Å². The van der Waals surface area contributed by atoms with Crippen LogP contribution in [-0.2, 0) is 16.1 Å². The van der Waals surface area contributed by atoms with Gasteiger partial charge in [-0.2, -0.15) is 5.26 Å². The van der Waals surface area contributed by atoms with Gasteiger partial charge in [0.15, 0.2) is 6.10 Å². The predicted molar refractivity (Wildman–Crippen MR) is 103 cm³/mol. The monoisotopic (exact) mass is 364 g/mol. The fourth-order valence-electron chi connectivity index (χ4n) is 2.63. The van der Waals surface area contributed by atoms with E-state index in [1.165, 1.54) is 6.07 Å². The number of rotatable bonds is 5. The van der Waals surface area contributed by atoms with Crippen molar-refractivity contribution in [3.05, 3.63) is 71.3 Å². The maximum absolute atomic E-state index is 13.0. The van der Waals surface area contributed by atoms with Crippen LogP contribution in [-0.4, -0.2) is 28.4 Å². The quantitative estimate of drug-likeness (QED) is 0.754. The van der Waals surface area contributed by atoms with Gasteiger partial charge in [0.2, 0.25) is 0 Å². The van der Waals surface area contributed by atoms with Crippen molar-refractivity contribution in [3.8, 4) is 6.07 Å². The molecule has 0 aliphatic carbocycles. The number of benzene rings is 2. The van der Waals surface area contributed by atoms with Crippen LogP contribution in [0.25, 0.3) is 0 Å². The van der Waals surface area contributed by atoms with Gasteiger partial charge in [-0.05, 0) is 51.5 Å². The average molecular weight is 364 g/mol. The molecule has 0 fully saturated rings. The minimum atomic E-state index is -0.939. The number of hydrogen-bond acceptors (Lipinski definition) is 4. The van der Waals surface area contributed by atoms with Crippen LogP contribution in [0.2, 0.25) is 0 Å². The van der Waals surface area contributed by atoms with Crippen molar-refractivity contribution in [1.29, 1.82) is 5.26 Å². The van der Waals surface area contributed by atoms with Gasteiger partial charge < -0.3 is 9.64 Å². The summed E-state index contributed by atoms with van der Waals surface area (Å²) in [6, 6.07) is 17.9. The maximum atomic E-state index is 13.0. The standard InChI is InChI=1S/C22H24N2O3/c1-16(27-21(26)19-12-8-11-18(13-19)14-23)20(25)24(22(2,3)4)15-17-9-6-5-7-10-17/h5-13,16H,15H2,1-4H3/t16-/m1/s1. The van der Waals surface area contributed by atoms with Crippen molar-refractivity contribution < 1.29 is 14.3 Å². The van der Waals surface area contributed by atoms with Gasteiger partial charge in [-0.15, -0.1) is 0 Å². The largest absolute Gasteiger partial charge is 0.449 e. The minimum absolute atomic E-state index is 0.249. The van der Waals surface area contributed by atoms with Crippen molar-refractivity contribution in [3.63, 3.8) is 0 Å². The first kappa shape index (κ1) is 20.2. The third-order valence-corrected chi connectivity index (χ3v) is 4.12. The number of nitriles is 1. The Labute approximate surface area is 160 Å². The summed E-state index contributed by atoms with van der Waals surface area (Å²) in [5, 5.41) is 8.95. The number of carbonyl (C=O) groups excluding carboxylic acids is 2. The molecule has 0 N–H and O–H groups in total. The lowest BCUT2D eigenvalue weighted by Crippen LogP contribution is -2.49. The average Bonchev–Trinajstić information content (AvgIpc) is 2.65. The van der Waals surface area contributed by atoms with Crippen LogP contribution >= 0.6 is 0 Å². The highest BCUT2D eigenvalue weighted by Gasteiger charge is 2.31. The van der Waals surface area contributed by atoms with Crippen LogP contribution in [0.4, 0.5) is 0 Å². The number of esters is 1. The Morgan fingerprint density at radius 2 is 1.78 bits per heavy atom. The smallest absolute Gasteiger partial charge is 0.338 e. The highest BCUT2D eigenvalue weighted by Crippen LogP contribution is 2.20. The Kier molecular flexibility index (Phi) is 6.36. The van der Waals surface area contributed by atoms with Crippen LogP contribution < -0.4 is 0 Å². The van der Waals surface area contributed by atoms with Gasteiger partial charge in [0.1, 0.15) is 0 Å². The van der Waals surface area contributed by atoms with Gasteiger partial charge in [0.25, 0.3) is 5.91 Å². The fourth-order valence-corrected chi connectivity index (χ4v) is 2.63. The van der Waals surface area contributed by atoms with Crippen molar-refractivity contribution in [2.75, 3.05) is 0 Å². The van der Waals surface area contributed by atoms with E-state index in [4.69, 9.17) is 10.00 Å². The zero-order valence-corrected chi connectivity index (χ0v) is 16.1. The second-order valence-electron chi connectivity index (χ2n) is 7.32. The Morgan fingerprint density at radius 3 is 2.37 bits per heavy atom. The first-order valence-electron chi connectivity index (χ1n) is 8.79. The Balaban J connectivity index is 2.14. The lowest BCUT2D eigenvalue weighted by molar-refractivity contribution is -0.145. The molecular weight excluding hydrogens is 340 g/mol. The summed E-state index contributed by atoms with van der Waals surface area (Å²) in [6.45, 7) is 7.82. The molecule has 140 valence electrons. The molecule has 2 rings (SSSR count). The zero-order valence-electron chi connectivity index (χ0n) is 16.1. The third kappa shape index (κ3) is 5.42. The molecule has 0 aliphatic heterocycles. The van der Waals surface area contributed by atoms with Gasteiger partial charge in [-0.1, -0.05) is 36.4 Å². The molecule has 0 spiro atoms. The zero-order chi connectivity index (χ0) is 20.0. The van der Waals surface area contributed by atoms with E-state index < -0.39 is 17.6 Å². The van der Waals surface area contributed by atoms with E-state index in [1.807, 2.05) is 57.2 Å². The van der Waals surface area contributed by atoms with E-state index in [1.54, 1.807) is 30.0 Å². The molecule has 0 radical (unpaired) electrons. The highest BCUT2D eigenvalue weighted by molar-refractivity contribution is 5.92. The van der Waals surface area contributed by atoms with Gasteiger partial charge in [-0.3, -0.25) is 4.79 Å². The molecule has 0 aromatic heterocycles. The second kappa shape index (κ2) is 8.50. The van der Waals surface area contributed by atoms with Gasteiger partial charge in [0, 0.05) is 12.1 Å². The van der Waals surface area contributed by atoms with E-state index in [0.717, 1.165) is 5.56 Å². The predicted octanol–water partition coefficient (Wildman–Crippen LogP) is 3.93. The normalized spacial score (nSPS) is 12.0. The summed E-state index contributed by atoms with van der Waals surface area (Å²) < 4.78 is 5.37. The van der Waals surface area contributed by atoms with Crippen LogP contribution in [0.5, 0.6) is 0 Å². The lowest BCUT2D eigenvalue weighted by Gasteiger charge is -2.37. The molecule has 2 aromatic carbocycles. The number of ether oxygens (including phenoxy) is 1. The highest BCUT2D eigenvalue weighted by atomic mass is 16.5. The number of hydrogen-bond donors (Lipinski definition) is 0. The van der Waals surface area contributed by atoms with Gasteiger partial charge in [0.05, 0.1) is 17.2 Å². The van der Waals surface area contributed by atoms with Gasteiger partial charge >= 0.3 is 5.97 Å². The summed E-state index contributed by atoms with van der Waals surface area (Å²) in [5.74, 6) is -0.891. The first-order chi connectivity index (χ1) is 12.7. The number of carbonyl (C=O) groups is 2. The molecule has 1 atom stereocenters. The topological polar surface area (TPSA) is 70.4 Å². The van der Waals surface area contributed by atoms with Crippen LogP contribution in [0.15, 0.2) is 54.6 Å². The summed E-state index contributed by atoms with van der Waals surface area (Å²) in [5.41, 5.74) is 1.18. The molecule has 0 saturated heterocycles. The SMILES string of the molecule is C[C@@H](OC(=O)c1cccc(C#N)c1)C(=O)N(Cc1ccccc1)C(C)(C)C. The molecule has 1 amide bonds. The van der Waals surface area contributed by atoms with Crippen molar-refractivity contribution >= 4 is 11.9 Å². The molecule has 5 heteroatoms. The van der Waals surface area contributed by atoms with E-state index in [-0.39, 0.29) is 11.5 Å². The summed E-state index contributed by atoms with van der Waals surface area (Å²) in [7, 11) is 0. The second-order valence-corrected chi connectivity index (χ2v) is 7.32. The Bertz CT molecular complexity index is 848. The van der Waals surface area contributed by atoms with Crippen molar-refractivity contribution in [2.45, 2.75) is 45.9 Å². The van der Waals surface area contributed by atoms with Crippen LogP contribution in [0.1, 0.15) is 49.2 Å². The van der Waals surface area contributed by atoms with Crippen molar-refractivity contribution in [2.24, 2.45) is 0 Å². The fraction of sp³-hybridized carbons (Fsp3) is 0.318. The minimum Gasteiger partial charge on any atom is -0.449 e. The molecule has 0 bridgehead atoms. The molecule has 2 aromatic rings.